The highest BCUT2D eigenvalue weighted by atomic mass is 35.5. The molecule has 25 heavy (non-hydrogen) atoms. The minimum atomic E-state index is -0.280. The maximum Gasteiger partial charge on any atom is 0.291 e. The van der Waals surface area contributed by atoms with Gasteiger partial charge in [0.1, 0.15) is 11.5 Å². The first-order chi connectivity index (χ1) is 12.0. The molecule has 1 aromatic carbocycles. The number of nitrogens with zero attached hydrogens (tertiary/aromatic N) is 3. The number of aromatic nitrogens is 3. The zero-order valence-corrected chi connectivity index (χ0v) is 15.5. The Morgan fingerprint density at radius 3 is 2.52 bits per heavy atom. The number of amides is 1. The first kappa shape index (κ1) is 18.2. The fourth-order valence-electron chi connectivity index (χ4n) is 3.05. The zero-order chi connectivity index (χ0) is 18.0. The lowest BCUT2D eigenvalue weighted by molar-refractivity contribution is 0.0915. The van der Waals surface area contributed by atoms with Crippen molar-refractivity contribution in [2.45, 2.75) is 51.1 Å². The van der Waals surface area contributed by atoms with Crippen LogP contribution in [0, 0.1) is 0 Å². The molecule has 1 amide bonds. The van der Waals surface area contributed by atoms with Crippen molar-refractivity contribution < 1.29 is 4.79 Å². The summed E-state index contributed by atoms with van der Waals surface area (Å²) in [6.45, 7) is 1.94. The minimum Gasteiger partial charge on any atom is -0.347 e. The smallest absolute Gasteiger partial charge is 0.291 e. The quantitative estimate of drug-likeness (QED) is 0.851. The fourth-order valence-corrected chi connectivity index (χ4v) is 3.61. The Morgan fingerprint density at radius 2 is 1.92 bits per heavy atom. The number of para-hydroxylation sites is 1. The van der Waals surface area contributed by atoms with Crippen molar-refractivity contribution in [1.29, 1.82) is 0 Å². The molecule has 1 aromatic heterocycles. The maximum absolute atomic E-state index is 12.5. The Hall–Kier alpha value is -1.63. The van der Waals surface area contributed by atoms with E-state index in [0.29, 0.717) is 28.0 Å². The monoisotopic (exact) mass is 381 g/mol. The average Bonchev–Trinajstić information content (AvgIpc) is 3.01. The summed E-state index contributed by atoms with van der Waals surface area (Å²) in [5, 5.41) is 8.27. The van der Waals surface area contributed by atoms with Gasteiger partial charge in [-0.3, -0.25) is 4.79 Å². The third-order valence-electron chi connectivity index (χ3n) is 4.45. The molecule has 3 rings (SSSR count). The number of nitrogens with one attached hydrogen (secondary N) is 1. The van der Waals surface area contributed by atoms with Gasteiger partial charge in [0.05, 0.1) is 10.0 Å². The molecule has 0 spiro atoms. The molecule has 1 fully saturated rings. The highest BCUT2D eigenvalue weighted by molar-refractivity contribution is 6.37. The largest absolute Gasteiger partial charge is 0.347 e. The molecule has 3 N–H and O–H groups in total. The molecule has 0 radical (unpaired) electrons. The van der Waals surface area contributed by atoms with E-state index in [1.54, 1.807) is 22.9 Å². The summed E-state index contributed by atoms with van der Waals surface area (Å²) in [5.41, 5.74) is 6.45. The number of carbonyl (C=O) groups is 1. The molecule has 134 valence electrons. The number of halogens is 2. The number of aryl methyl sites for hydroxylation is 1. The molecule has 8 heteroatoms. The first-order valence-corrected chi connectivity index (χ1v) is 9.22. The number of hydrogen-bond donors (Lipinski definition) is 2. The van der Waals surface area contributed by atoms with E-state index in [-0.39, 0.29) is 23.8 Å². The molecule has 1 heterocycles. The molecule has 0 saturated heterocycles. The maximum atomic E-state index is 12.5. The molecule has 1 aliphatic rings. The molecule has 0 unspecified atom stereocenters. The number of benzene rings is 1. The summed E-state index contributed by atoms with van der Waals surface area (Å²) in [5.74, 6) is 0.477. The standard InChI is InChI=1S/C17H21Cl2N5O/c1-2-14-22-16(17(25)21-11-8-6-10(20)7-9-11)23-24(14)15-12(18)4-3-5-13(15)19/h3-5,10-11H,2,6-9,20H2,1H3,(H,21,25). The van der Waals surface area contributed by atoms with Gasteiger partial charge < -0.3 is 11.1 Å². The van der Waals surface area contributed by atoms with E-state index in [1.165, 1.54) is 0 Å². The van der Waals surface area contributed by atoms with Crippen LogP contribution in [0.15, 0.2) is 18.2 Å². The van der Waals surface area contributed by atoms with E-state index in [0.717, 1.165) is 25.7 Å². The predicted molar refractivity (Wildman–Crippen MR) is 98.5 cm³/mol. The Morgan fingerprint density at radius 1 is 1.28 bits per heavy atom. The Bertz CT molecular complexity index is 748. The lowest BCUT2D eigenvalue weighted by Crippen LogP contribution is -2.40. The molecule has 2 aromatic rings. The van der Waals surface area contributed by atoms with Gasteiger partial charge in [-0.15, -0.1) is 5.10 Å². The minimum absolute atomic E-state index is 0.119. The Kier molecular flexibility index (Phi) is 5.61. The first-order valence-electron chi connectivity index (χ1n) is 8.46. The van der Waals surface area contributed by atoms with Crippen LogP contribution in [0.5, 0.6) is 0 Å². The molecule has 1 aliphatic carbocycles. The number of carbonyl (C=O) groups excluding carboxylic acids is 1. The van der Waals surface area contributed by atoms with Crippen LogP contribution in [0.3, 0.4) is 0 Å². The molecule has 0 atom stereocenters. The van der Waals surface area contributed by atoms with Crippen molar-refractivity contribution in [3.8, 4) is 5.69 Å². The van der Waals surface area contributed by atoms with Crippen molar-refractivity contribution in [1.82, 2.24) is 20.1 Å². The van der Waals surface area contributed by atoms with Gasteiger partial charge >= 0.3 is 0 Å². The second-order valence-electron chi connectivity index (χ2n) is 6.27. The lowest BCUT2D eigenvalue weighted by Gasteiger charge is -2.26. The number of nitrogens with two attached hydrogens (primary N) is 1. The van der Waals surface area contributed by atoms with E-state index < -0.39 is 0 Å². The molecule has 1 saturated carbocycles. The van der Waals surface area contributed by atoms with Crippen LogP contribution in [0.2, 0.25) is 10.0 Å². The van der Waals surface area contributed by atoms with Crippen LogP contribution >= 0.6 is 23.2 Å². The number of hydrogen-bond acceptors (Lipinski definition) is 4. The van der Waals surface area contributed by atoms with Gasteiger partial charge in [-0.25, -0.2) is 9.67 Å². The van der Waals surface area contributed by atoms with Crippen LogP contribution < -0.4 is 11.1 Å². The molecular formula is C17H21Cl2N5O. The van der Waals surface area contributed by atoms with Gasteiger partial charge in [-0.05, 0) is 37.8 Å². The van der Waals surface area contributed by atoms with Crippen LogP contribution in [0.25, 0.3) is 5.69 Å². The normalized spacial score (nSPS) is 20.5. The third-order valence-corrected chi connectivity index (χ3v) is 5.06. The van der Waals surface area contributed by atoms with Gasteiger partial charge in [0.2, 0.25) is 5.82 Å². The van der Waals surface area contributed by atoms with Gasteiger partial charge in [0, 0.05) is 18.5 Å². The number of rotatable bonds is 4. The van der Waals surface area contributed by atoms with Crippen molar-refractivity contribution in [2.75, 3.05) is 0 Å². The topological polar surface area (TPSA) is 85.8 Å². The van der Waals surface area contributed by atoms with E-state index >= 15 is 0 Å². The highest BCUT2D eigenvalue weighted by Gasteiger charge is 2.24. The predicted octanol–water partition coefficient (Wildman–Crippen LogP) is 3.14. The van der Waals surface area contributed by atoms with Gasteiger partial charge in [0.15, 0.2) is 0 Å². The van der Waals surface area contributed by atoms with Crippen LogP contribution in [0.4, 0.5) is 0 Å². The van der Waals surface area contributed by atoms with E-state index in [4.69, 9.17) is 28.9 Å². The zero-order valence-electron chi connectivity index (χ0n) is 14.0. The van der Waals surface area contributed by atoms with Crippen LogP contribution in [-0.2, 0) is 6.42 Å². The summed E-state index contributed by atoms with van der Waals surface area (Å²) in [6, 6.07) is 5.58. The Balaban J connectivity index is 1.84. The van der Waals surface area contributed by atoms with Crippen molar-refractivity contribution in [3.63, 3.8) is 0 Å². The second-order valence-corrected chi connectivity index (χ2v) is 7.09. The van der Waals surface area contributed by atoms with E-state index in [2.05, 4.69) is 15.4 Å². The van der Waals surface area contributed by atoms with E-state index in [1.807, 2.05) is 6.92 Å². The summed E-state index contributed by atoms with van der Waals surface area (Å²) >= 11 is 12.5. The highest BCUT2D eigenvalue weighted by Crippen LogP contribution is 2.28. The van der Waals surface area contributed by atoms with Crippen molar-refractivity contribution in [2.24, 2.45) is 5.73 Å². The Labute approximate surface area is 156 Å². The summed E-state index contributed by atoms with van der Waals surface area (Å²) in [4.78, 5) is 16.9. The van der Waals surface area contributed by atoms with Crippen molar-refractivity contribution >= 4 is 29.1 Å². The van der Waals surface area contributed by atoms with Gasteiger partial charge in [0.25, 0.3) is 5.91 Å². The SMILES string of the molecule is CCc1nc(C(=O)NC2CCC(N)CC2)nn1-c1c(Cl)cccc1Cl. The molecule has 6 nitrogen and oxygen atoms in total. The van der Waals surface area contributed by atoms with Crippen LogP contribution in [0.1, 0.15) is 49.1 Å². The van der Waals surface area contributed by atoms with Gasteiger partial charge in [-0.1, -0.05) is 36.2 Å². The summed E-state index contributed by atoms with van der Waals surface area (Å²) in [6.07, 6.45) is 4.19. The third kappa shape index (κ3) is 3.97. The van der Waals surface area contributed by atoms with Gasteiger partial charge in [-0.2, -0.15) is 0 Å². The lowest BCUT2D eigenvalue weighted by atomic mass is 9.92. The van der Waals surface area contributed by atoms with Crippen LogP contribution in [-0.4, -0.2) is 32.8 Å². The summed E-state index contributed by atoms with van der Waals surface area (Å²) < 4.78 is 1.55. The average molecular weight is 382 g/mol. The van der Waals surface area contributed by atoms with Crippen molar-refractivity contribution in [3.05, 3.63) is 39.9 Å². The van der Waals surface area contributed by atoms with E-state index in [9.17, 15) is 4.79 Å². The molecule has 0 bridgehead atoms. The summed E-state index contributed by atoms with van der Waals surface area (Å²) in [7, 11) is 0. The molecular weight excluding hydrogens is 361 g/mol. The fraction of sp³-hybridized carbons (Fsp3) is 0.471. The molecule has 0 aliphatic heterocycles. The second kappa shape index (κ2) is 7.72.